The maximum absolute atomic E-state index is 12.9. The molecule has 1 aliphatic carbocycles. The molecule has 3 aromatic rings. The summed E-state index contributed by atoms with van der Waals surface area (Å²) in [6.07, 6.45) is 2.25. The lowest BCUT2D eigenvalue weighted by molar-refractivity contribution is 0.0931. The van der Waals surface area contributed by atoms with Crippen molar-refractivity contribution in [3.8, 4) is 11.4 Å². The van der Waals surface area contributed by atoms with Crippen LogP contribution in [0, 0.1) is 12.8 Å². The second-order valence-corrected chi connectivity index (χ2v) is 6.75. The van der Waals surface area contributed by atoms with Gasteiger partial charge in [-0.2, -0.15) is 4.68 Å². The van der Waals surface area contributed by atoms with Crippen LogP contribution in [0.5, 0.6) is 5.75 Å². The Balaban J connectivity index is 1.55. The zero-order valence-electron chi connectivity index (χ0n) is 15.3. The number of nitrogens with zero attached hydrogens (tertiary/aromatic N) is 4. The minimum Gasteiger partial charge on any atom is -0.497 e. The van der Waals surface area contributed by atoms with E-state index in [4.69, 9.17) is 4.74 Å². The molecule has 0 unspecified atom stereocenters. The number of aryl methyl sites for hydroxylation is 1. The molecule has 7 nitrogen and oxygen atoms in total. The molecule has 4 rings (SSSR count). The van der Waals surface area contributed by atoms with E-state index in [1.54, 1.807) is 23.9 Å². The number of carbonyl (C=O) groups excluding carboxylic acids is 1. The molecule has 7 heteroatoms. The standard InChI is InChI=1S/C20H21N5O2/c1-13-22-23-24-25(13)17-5-3-4-16(12-17)20(26)21-19(14-6-7-14)15-8-10-18(27-2)11-9-15/h3-5,8-12,14,19H,6-7H2,1-2H3,(H,21,26)/t19-/m0/s1. The van der Waals surface area contributed by atoms with E-state index < -0.39 is 0 Å². The summed E-state index contributed by atoms with van der Waals surface area (Å²) in [7, 11) is 1.65. The minimum atomic E-state index is -0.102. The van der Waals surface area contributed by atoms with Crippen molar-refractivity contribution in [2.75, 3.05) is 7.11 Å². The third kappa shape index (κ3) is 3.67. The van der Waals surface area contributed by atoms with Crippen molar-refractivity contribution in [2.24, 2.45) is 5.92 Å². The van der Waals surface area contributed by atoms with E-state index in [2.05, 4.69) is 20.8 Å². The van der Waals surface area contributed by atoms with Gasteiger partial charge in [-0.3, -0.25) is 4.79 Å². The lowest BCUT2D eigenvalue weighted by Crippen LogP contribution is -2.30. The minimum absolute atomic E-state index is 0.00170. The summed E-state index contributed by atoms with van der Waals surface area (Å²) in [5.74, 6) is 1.85. The van der Waals surface area contributed by atoms with Crippen LogP contribution in [-0.2, 0) is 0 Å². The maximum atomic E-state index is 12.9. The van der Waals surface area contributed by atoms with Crippen LogP contribution in [-0.4, -0.2) is 33.2 Å². The molecular formula is C20H21N5O2. The highest BCUT2D eigenvalue weighted by molar-refractivity contribution is 5.95. The van der Waals surface area contributed by atoms with Gasteiger partial charge in [0.1, 0.15) is 5.75 Å². The van der Waals surface area contributed by atoms with E-state index in [1.807, 2.05) is 43.3 Å². The summed E-state index contributed by atoms with van der Waals surface area (Å²) in [5, 5.41) is 14.7. The van der Waals surface area contributed by atoms with E-state index in [0.717, 1.165) is 29.8 Å². The van der Waals surface area contributed by atoms with Gasteiger partial charge in [-0.1, -0.05) is 18.2 Å². The molecule has 27 heavy (non-hydrogen) atoms. The van der Waals surface area contributed by atoms with Crippen LogP contribution in [0.2, 0.25) is 0 Å². The van der Waals surface area contributed by atoms with E-state index in [1.165, 1.54) is 0 Å². The van der Waals surface area contributed by atoms with Gasteiger partial charge in [0.05, 0.1) is 18.8 Å². The fourth-order valence-electron chi connectivity index (χ4n) is 3.19. The second kappa shape index (κ2) is 7.19. The van der Waals surface area contributed by atoms with E-state index >= 15 is 0 Å². The zero-order valence-corrected chi connectivity index (χ0v) is 15.3. The van der Waals surface area contributed by atoms with Gasteiger partial charge in [-0.25, -0.2) is 0 Å². The van der Waals surface area contributed by atoms with E-state index in [0.29, 0.717) is 17.3 Å². The number of aromatic nitrogens is 4. The Hall–Kier alpha value is -3.22. The molecule has 1 N–H and O–H groups in total. The summed E-state index contributed by atoms with van der Waals surface area (Å²) in [4.78, 5) is 12.9. The quantitative estimate of drug-likeness (QED) is 0.728. The number of ether oxygens (including phenoxy) is 1. The average Bonchev–Trinajstić information content (AvgIpc) is 3.46. The number of amides is 1. The van der Waals surface area contributed by atoms with Gasteiger partial charge in [-0.15, -0.1) is 5.10 Å². The summed E-state index contributed by atoms with van der Waals surface area (Å²) in [6.45, 7) is 1.82. The lowest BCUT2D eigenvalue weighted by Gasteiger charge is -2.19. The second-order valence-electron chi connectivity index (χ2n) is 6.75. The van der Waals surface area contributed by atoms with Gasteiger partial charge in [0.15, 0.2) is 5.82 Å². The van der Waals surface area contributed by atoms with Gasteiger partial charge < -0.3 is 10.1 Å². The fraction of sp³-hybridized carbons (Fsp3) is 0.300. The van der Waals surface area contributed by atoms with Crippen molar-refractivity contribution < 1.29 is 9.53 Å². The van der Waals surface area contributed by atoms with Crippen LogP contribution in [0.3, 0.4) is 0 Å². The highest BCUT2D eigenvalue weighted by Gasteiger charge is 2.33. The van der Waals surface area contributed by atoms with Crippen LogP contribution >= 0.6 is 0 Å². The number of carbonyl (C=O) groups is 1. The molecule has 0 aliphatic heterocycles. The molecule has 0 spiro atoms. The first-order valence-electron chi connectivity index (χ1n) is 8.96. The monoisotopic (exact) mass is 363 g/mol. The van der Waals surface area contributed by atoms with Crippen LogP contribution in [0.15, 0.2) is 48.5 Å². The Bertz CT molecular complexity index is 947. The number of hydrogen-bond donors (Lipinski definition) is 1. The summed E-state index contributed by atoms with van der Waals surface area (Å²) in [5.41, 5.74) is 2.44. The fourth-order valence-corrected chi connectivity index (χ4v) is 3.19. The number of methoxy groups -OCH3 is 1. The largest absolute Gasteiger partial charge is 0.497 e. The average molecular weight is 363 g/mol. The third-order valence-corrected chi connectivity index (χ3v) is 4.83. The number of benzene rings is 2. The van der Waals surface area contributed by atoms with Gasteiger partial charge in [0, 0.05) is 5.56 Å². The molecule has 0 radical (unpaired) electrons. The zero-order chi connectivity index (χ0) is 18.8. The van der Waals surface area contributed by atoms with Crippen molar-refractivity contribution in [2.45, 2.75) is 25.8 Å². The third-order valence-electron chi connectivity index (χ3n) is 4.83. The Morgan fingerprint density at radius 3 is 2.63 bits per heavy atom. The van der Waals surface area contributed by atoms with Crippen molar-refractivity contribution >= 4 is 5.91 Å². The molecule has 2 aromatic carbocycles. The number of rotatable bonds is 6. The van der Waals surface area contributed by atoms with Crippen LogP contribution in [0.4, 0.5) is 0 Å². The molecule has 1 amide bonds. The Labute approximate surface area is 157 Å². The molecule has 1 aromatic heterocycles. The number of tetrazole rings is 1. The normalized spacial score (nSPS) is 14.6. The Morgan fingerprint density at radius 2 is 2.00 bits per heavy atom. The molecule has 1 fully saturated rings. The first kappa shape index (κ1) is 17.2. The SMILES string of the molecule is COc1ccc([C@@H](NC(=O)c2cccc(-n3nnnc3C)c2)C2CC2)cc1. The molecule has 1 saturated carbocycles. The van der Waals surface area contributed by atoms with Gasteiger partial charge >= 0.3 is 0 Å². The molecule has 1 aliphatic rings. The Morgan fingerprint density at radius 1 is 1.22 bits per heavy atom. The molecular weight excluding hydrogens is 342 g/mol. The molecule has 138 valence electrons. The van der Waals surface area contributed by atoms with Gasteiger partial charge in [-0.05, 0) is 72.0 Å². The first-order chi connectivity index (χ1) is 13.2. The van der Waals surface area contributed by atoms with Gasteiger partial charge in [0.25, 0.3) is 5.91 Å². The molecule has 0 saturated heterocycles. The van der Waals surface area contributed by atoms with E-state index in [9.17, 15) is 4.79 Å². The number of nitrogens with one attached hydrogen (secondary N) is 1. The van der Waals surface area contributed by atoms with Crippen LogP contribution < -0.4 is 10.1 Å². The van der Waals surface area contributed by atoms with Crippen molar-refractivity contribution in [1.29, 1.82) is 0 Å². The maximum Gasteiger partial charge on any atom is 0.251 e. The summed E-state index contributed by atoms with van der Waals surface area (Å²) < 4.78 is 6.84. The molecule has 0 bridgehead atoms. The van der Waals surface area contributed by atoms with Crippen LogP contribution in [0.25, 0.3) is 5.69 Å². The van der Waals surface area contributed by atoms with Crippen molar-refractivity contribution in [3.05, 3.63) is 65.5 Å². The van der Waals surface area contributed by atoms with Crippen LogP contribution in [0.1, 0.15) is 40.6 Å². The molecule has 1 atom stereocenters. The Kier molecular flexibility index (Phi) is 4.58. The van der Waals surface area contributed by atoms with Crippen molar-refractivity contribution in [1.82, 2.24) is 25.5 Å². The predicted octanol–water partition coefficient (Wildman–Crippen LogP) is 2.86. The smallest absolute Gasteiger partial charge is 0.251 e. The summed E-state index contributed by atoms with van der Waals surface area (Å²) in [6, 6.07) is 15.2. The van der Waals surface area contributed by atoms with Crippen molar-refractivity contribution in [3.63, 3.8) is 0 Å². The van der Waals surface area contributed by atoms with Gasteiger partial charge in [0.2, 0.25) is 0 Å². The predicted molar refractivity (Wildman–Crippen MR) is 99.8 cm³/mol. The highest BCUT2D eigenvalue weighted by Crippen LogP contribution is 2.41. The molecule has 1 heterocycles. The topological polar surface area (TPSA) is 81.9 Å². The lowest BCUT2D eigenvalue weighted by atomic mass is 10.0. The number of hydrogen-bond acceptors (Lipinski definition) is 5. The first-order valence-corrected chi connectivity index (χ1v) is 8.96. The highest BCUT2D eigenvalue weighted by atomic mass is 16.5. The van der Waals surface area contributed by atoms with E-state index in [-0.39, 0.29) is 11.9 Å². The summed E-state index contributed by atoms with van der Waals surface area (Å²) >= 11 is 0.